The highest BCUT2D eigenvalue weighted by Crippen LogP contribution is 2.33. The topological polar surface area (TPSA) is 67.0 Å². The van der Waals surface area contributed by atoms with Gasteiger partial charge in [-0.3, -0.25) is 4.90 Å². The Balaban J connectivity index is 1.35. The first-order valence-electron chi connectivity index (χ1n) is 11.4. The highest BCUT2D eigenvalue weighted by Gasteiger charge is 2.17. The Bertz CT molecular complexity index is 1190. The summed E-state index contributed by atoms with van der Waals surface area (Å²) < 4.78 is 17.3. The number of aromatic nitrogens is 1. The minimum absolute atomic E-state index is 0.217. The summed E-state index contributed by atoms with van der Waals surface area (Å²) in [6.45, 7) is 6.13. The molecule has 0 unspecified atom stereocenters. The fraction of sp³-hybridized carbons (Fsp3) is 0.333. The quantitative estimate of drug-likeness (QED) is 0.343. The van der Waals surface area contributed by atoms with E-state index in [4.69, 9.17) is 14.2 Å². The van der Waals surface area contributed by atoms with E-state index in [0.29, 0.717) is 25.4 Å². The number of aliphatic hydroxyl groups is 1. The molecule has 0 bridgehead atoms. The van der Waals surface area contributed by atoms with Gasteiger partial charge < -0.3 is 24.3 Å². The first-order chi connectivity index (χ1) is 16.1. The van der Waals surface area contributed by atoms with Gasteiger partial charge in [-0.05, 0) is 44.2 Å². The summed E-state index contributed by atoms with van der Waals surface area (Å²) in [4.78, 5) is 5.61. The van der Waals surface area contributed by atoms with Gasteiger partial charge in [0.2, 0.25) is 0 Å². The minimum Gasteiger partial charge on any atom is -0.493 e. The SMILES string of the molecule is COc1ccccc1OCCN(C[C@H](O)COc1cccc2[nH]c3ccccc3c12)C(C)C. The molecule has 174 valence electrons. The highest BCUT2D eigenvalue weighted by molar-refractivity contribution is 6.10. The van der Waals surface area contributed by atoms with Crippen molar-refractivity contribution in [3.05, 3.63) is 66.7 Å². The second-order valence-electron chi connectivity index (χ2n) is 8.40. The number of methoxy groups -OCH3 is 1. The van der Waals surface area contributed by atoms with E-state index < -0.39 is 6.10 Å². The van der Waals surface area contributed by atoms with Gasteiger partial charge in [0.25, 0.3) is 0 Å². The van der Waals surface area contributed by atoms with Gasteiger partial charge in [-0.15, -0.1) is 0 Å². The molecule has 1 aromatic heterocycles. The number of nitrogens with one attached hydrogen (secondary N) is 1. The smallest absolute Gasteiger partial charge is 0.161 e. The van der Waals surface area contributed by atoms with Gasteiger partial charge in [0.05, 0.1) is 12.6 Å². The summed E-state index contributed by atoms with van der Waals surface area (Å²) in [5.41, 5.74) is 2.10. The molecule has 4 rings (SSSR count). The second kappa shape index (κ2) is 10.6. The van der Waals surface area contributed by atoms with Crippen LogP contribution >= 0.6 is 0 Å². The van der Waals surface area contributed by atoms with Crippen molar-refractivity contribution in [2.75, 3.05) is 33.4 Å². The Hall–Kier alpha value is -3.22. The van der Waals surface area contributed by atoms with Crippen LogP contribution in [0.5, 0.6) is 17.2 Å². The van der Waals surface area contributed by atoms with Crippen molar-refractivity contribution >= 4 is 21.8 Å². The zero-order valence-corrected chi connectivity index (χ0v) is 19.5. The van der Waals surface area contributed by atoms with Crippen molar-refractivity contribution in [1.29, 1.82) is 0 Å². The molecule has 0 saturated carbocycles. The van der Waals surface area contributed by atoms with Crippen LogP contribution in [0, 0.1) is 0 Å². The number of hydrogen-bond acceptors (Lipinski definition) is 5. The van der Waals surface area contributed by atoms with E-state index in [9.17, 15) is 5.11 Å². The number of benzene rings is 3. The van der Waals surface area contributed by atoms with E-state index in [2.05, 4.69) is 35.9 Å². The van der Waals surface area contributed by atoms with Crippen molar-refractivity contribution in [2.45, 2.75) is 26.0 Å². The zero-order valence-electron chi connectivity index (χ0n) is 19.5. The van der Waals surface area contributed by atoms with E-state index in [0.717, 1.165) is 33.3 Å². The molecule has 0 radical (unpaired) electrons. The predicted molar refractivity (Wildman–Crippen MR) is 133 cm³/mol. The number of aliphatic hydroxyl groups excluding tert-OH is 1. The molecule has 3 aromatic carbocycles. The number of hydrogen-bond donors (Lipinski definition) is 2. The van der Waals surface area contributed by atoms with Crippen molar-refractivity contribution in [3.63, 3.8) is 0 Å². The molecule has 6 nitrogen and oxygen atoms in total. The van der Waals surface area contributed by atoms with E-state index in [1.165, 1.54) is 0 Å². The molecule has 0 saturated heterocycles. The third kappa shape index (κ3) is 5.41. The lowest BCUT2D eigenvalue weighted by atomic mass is 10.1. The van der Waals surface area contributed by atoms with Gasteiger partial charge in [0.1, 0.15) is 25.1 Å². The summed E-state index contributed by atoms with van der Waals surface area (Å²) in [6, 6.07) is 22.0. The lowest BCUT2D eigenvalue weighted by Crippen LogP contribution is -2.41. The third-order valence-electron chi connectivity index (χ3n) is 5.80. The molecule has 0 aliphatic carbocycles. The van der Waals surface area contributed by atoms with Gasteiger partial charge in [-0.1, -0.05) is 36.4 Å². The molecule has 0 aliphatic rings. The number of nitrogens with zero attached hydrogens (tertiary/aromatic N) is 1. The highest BCUT2D eigenvalue weighted by atomic mass is 16.5. The first-order valence-corrected chi connectivity index (χ1v) is 11.4. The molecule has 0 spiro atoms. The van der Waals surface area contributed by atoms with Crippen LogP contribution < -0.4 is 14.2 Å². The van der Waals surface area contributed by atoms with Crippen LogP contribution in [0.2, 0.25) is 0 Å². The largest absolute Gasteiger partial charge is 0.493 e. The maximum atomic E-state index is 10.7. The number of aromatic amines is 1. The van der Waals surface area contributed by atoms with Crippen molar-refractivity contribution < 1.29 is 19.3 Å². The number of ether oxygens (including phenoxy) is 3. The van der Waals surface area contributed by atoms with Crippen LogP contribution in [0.15, 0.2) is 66.7 Å². The Kier molecular flexibility index (Phi) is 7.37. The van der Waals surface area contributed by atoms with Gasteiger partial charge in [0, 0.05) is 35.4 Å². The molecule has 6 heteroatoms. The minimum atomic E-state index is -0.626. The number of H-pyrrole nitrogens is 1. The monoisotopic (exact) mass is 448 g/mol. The maximum Gasteiger partial charge on any atom is 0.161 e. The summed E-state index contributed by atoms with van der Waals surface area (Å²) in [5, 5.41) is 12.9. The van der Waals surface area contributed by atoms with E-state index in [-0.39, 0.29) is 12.6 Å². The zero-order chi connectivity index (χ0) is 23.2. The first kappa shape index (κ1) is 23.0. The molecule has 0 fully saturated rings. The number of para-hydroxylation sites is 3. The summed E-state index contributed by atoms with van der Waals surface area (Å²) in [5.74, 6) is 2.22. The summed E-state index contributed by atoms with van der Waals surface area (Å²) in [7, 11) is 1.63. The summed E-state index contributed by atoms with van der Waals surface area (Å²) in [6.07, 6.45) is -0.626. The Labute approximate surface area is 194 Å². The Morgan fingerprint density at radius 2 is 1.55 bits per heavy atom. The van der Waals surface area contributed by atoms with Crippen molar-refractivity contribution in [2.24, 2.45) is 0 Å². The van der Waals surface area contributed by atoms with Gasteiger partial charge in [0.15, 0.2) is 11.5 Å². The maximum absolute atomic E-state index is 10.7. The lowest BCUT2D eigenvalue weighted by Gasteiger charge is -2.28. The van der Waals surface area contributed by atoms with Crippen LogP contribution in [0.25, 0.3) is 21.8 Å². The Morgan fingerprint density at radius 3 is 2.33 bits per heavy atom. The van der Waals surface area contributed by atoms with Crippen LogP contribution in [-0.4, -0.2) is 60.5 Å². The van der Waals surface area contributed by atoms with Gasteiger partial charge in [-0.25, -0.2) is 0 Å². The normalized spacial score (nSPS) is 12.5. The molecule has 2 N–H and O–H groups in total. The molecule has 0 amide bonds. The standard InChI is InChI=1S/C27H32N2O4/c1-19(2)29(15-16-32-25-13-7-6-12-24(25)31-3)17-20(30)18-33-26-14-8-11-23-27(26)21-9-4-5-10-22(21)28-23/h4-14,19-20,28,30H,15-18H2,1-3H3/t20-/m0/s1. The van der Waals surface area contributed by atoms with E-state index in [1.54, 1.807) is 7.11 Å². The van der Waals surface area contributed by atoms with E-state index >= 15 is 0 Å². The van der Waals surface area contributed by atoms with E-state index in [1.807, 2.05) is 54.6 Å². The predicted octanol–water partition coefficient (Wildman–Crippen LogP) is 4.86. The number of rotatable bonds is 11. The molecule has 4 aromatic rings. The lowest BCUT2D eigenvalue weighted by molar-refractivity contribution is 0.0521. The van der Waals surface area contributed by atoms with Crippen molar-refractivity contribution in [1.82, 2.24) is 9.88 Å². The molecule has 1 atom stereocenters. The Morgan fingerprint density at radius 1 is 0.848 bits per heavy atom. The van der Waals surface area contributed by atoms with Crippen molar-refractivity contribution in [3.8, 4) is 17.2 Å². The molecular weight excluding hydrogens is 416 g/mol. The van der Waals surface area contributed by atoms with Gasteiger partial charge in [-0.2, -0.15) is 0 Å². The number of fused-ring (bicyclic) bond motifs is 3. The molecule has 0 aliphatic heterocycles. The fourth-order valence-corrected chi connectivity index (χ4v) is 4.07. The average molecular weight is 449 g/mol. The molecular formula is C27H32N2O4. The summed E-state index contributed by atoms with van der Waals surface area (Å²) >= 11 is 0. The van der Waals surface area contributed by atoms with Gasteiger partial charge >= 0.3 is 0 Å². The fourth-order valence-electron chi connectivity index (χ4n) is 4.07. The molecule has 1 heterocycles. The third-order valence-corrected chi connectivity index (χ3v) is 5.80. The van der Waals surface area contributed by atoms with Crippen LogP contribution in [0.4, 0.5) is 0 Å². The molecule has 33 heavy (non-hydrogen) atoms. The van der Waals surface area contributed by atoms with Crippen LogP contribution in [0.1, 0.15) is 13.8 Å². The van der Waals surface area contributed by atoms with Crippen LogP contribution in [-0.2, 0) is 0 Å². The van der Waals surface area contributed by atoms with Crippen LogP contribution in [0.3, 0.4) is 0 Å². The second-order valence-corrected chi connectivity index (χ2v) is 8.40. The average Bonchev–Trinajstić information content (AvgIpc) is 3.21.